The molecule has 4 nitrogen and oxygen atoms in total. The number of likely N-dealkylation sites (N-methyl/N-ethyl adjacent to an activating group) is 1. The predicted molar refractivity (Wildman–Crippen MR) is 87.3 cm³/mol. The Balaban J connectivity index is 1.48. The third-order valence-corrected chi connectivity index (χ3v) is 5.90. The minimum Gasteiger partial charge on any atom is -0.351 e. The van der Waals surface area contributed by atoms with Gasteiger partial charge in [0.15, 0.2) is 0 Å². The highest BCUT2D eigenvalue weighted by Gasteiger charge is 2.44. The molecule has 21 heavy (non-hydrogen) atoms. The molecule has 0 atom stereocenters. The Bertz CT molecular complexity index is 507. The molecule has 0 spiro atoms. The maximum absolute atomic E-state index is 12.1. The molecule has 116 valence electrons. The van der Waals surface area contributed by atoms with Crippen molar-refractivity contribution < 1.29 is 4.79 Å². The minimum atomic E-state index is -0.0281. The summed E-state index contributed by atoms with van der Waals surface area (Å²) in [7, 11) is 2.18. The van der Waals surface area contributed by atoms with Crippen LogP contribution in [0.15, 0.2) is 11.4 Å². The smallest absolute Gasteiger partial charge is 0.262 e. The van der Waals surface area contributed by atoms with Gasteiger partial charge in [0, 0.05) is 44.7 Å². The molecule has 1 aliphatic carbocycles. The lowest BCUT2D eigenvalue weighted by atomic mass is 10.1. The second kappa shape index (κ2) is 6.24. The van der Waals surface area contributed by atoms with Crippen molar-refractivity contribution in [1.82, 2.24) is 15.1 Å². The van der Waals surface area contributed by atoms with Gasteiger partial charge in [0.05, 0.1) is 5.02 Å². The van der Waals surface area contributed by atoms with Crippen LogP contribution in [0, 0.1) is 5.41 Å². The molecule has 1 aromatic rings. The highest BCUT2D eigenvalue weighted by molar-refractivity contribution is 7.12. The van der Waals surface area contributed by atoms with E-state index >= 15 is 0 Å². The summed E-state index contributed by atoms with van der Waals surface area (Å²) in [5.74, 6) is -0.0281. The zero-order chi connectivity index (χ0) is 14.9. The zero-order valence-electron chi connectivity index (χ0n) is 12.4. The van der Waals surface area contributed by atoms with Crippen LogP contribution in [-0.2, 0) is 0 Å². The van der Waals surface area contributed by atoms with Crippen molar-refractivity contribution in [2.24, 2.45) is 5.41 Å². The number of hydrogen-bond donors (Lipinski definition) is 1. The Labute approximate surface area is 135 Å². The zero-order valence-corrected chi connectivity index (χ0v) is 14.0. The lowest BCUT2D eigenvalue weighted by Gasteiger charge is -2.34. The van der Waals surface area contributed by atoms with E-state index in [0.29, 0.717) is 15.3 Å². The van der Waals surface area contributed by atoms with Crippen LogP contribution in [0.25, 0.3) is 0 Å². The van der Waals surface area contributed by atoms with Gasteiger partial charge in [-0.05, 0) is 31.3 Å². The quantitative estimate of drug-likeness (QED) is 0.900. The normalized spacial score (nSPS) is 22.2. The molecule has 2 heterocycles. The van der Waals surface area contributed by atoms with E-state index in [-0.39, 0.29) is 5.91 Å². The standard InChI is InChI=1S/C15H22ClN3OS/c1-18-5-7-19(8-6-18)11-15(3-4-15)10-17-14(20)13-12(16)2-9-21-13/h2,9H,3-8,10-11H2,1H3,(H,17,20). The molecule has 3 rings (SSSR count). The molecule has 2 fully saturated rings. The van der Waals surface area contributed by atoms with E-state index in [1.165, 1.54) is 24.2 Å². The summed E-state index contributed by atoms with van der Waals surface area (Å²) in [6, 6.07) is 1.78. The molecular weight excluding hydrogens is 306 g/mol. The lowest BCUT2D eigenvalue weighted by Crippen LogP contribution is -2.47. The Morgan fingerprint density at radius 3 is 2.67 bits per heavy atom. The van der Waals surface area contributed by atoms with Gasteiger partial charge in [-0.2, -0.15) is 0 Å². The molecular formula is C15H22ClN3OS. The number of nitrogens with one attached hydrogen (secondary N) is 1. The predicted octanol–water partition coefficient (Wildman–Crippen LogP) is 2.16. The second-order valence-electron chi connectivity index (χ2n) is 6.36. The average molecular weight is 328 g/mol. The molecule has 0 radical (unpaired) electrons. The summed E-state index contributed by atoms with van der Waals surface area (Å²) in [6.45, 7) is 6.46. The molecule has 0 bridgehead atoms. The van der Waals surface area contributed by atoms with Gasteiger partial charge < -0.3 is 15.1 Å². The van der Waals surface area contributed by atoms with Gasteiger partial charge in [-0.1, -0.05) is 11.6 Å². The van der Waals surface area contributed by atoms with Crippen LogP contribution in [0.3, 0.4) is 0 Å². The van der Waals surface area contributed by atoms with Gasteiger partial charge in [-0.25, -0.2) is 0 Å². The van der Waals surface area contributed by atoms with Crippen molar-refractivity contribution in [3.05, 3.63) is 21.3 Å². The molecule has 6 heteroatoms. The monoisotopic (exact) mass is 327 g/mol. The van der Waals surface area contributed by atoms with Crippen molar-refractivity contribution in [3.63, 3.8) is 0 Å². The number of hydrogen-bond acceptors (Lipinski definition) is 4. The first-order valence-corrected chi connectivity index (χ1v) is 8.76. The molecule has 1 aliphatic heterocycles. The largest absolute Gasteiger partial charge is 0.351 e. The number of carbonyl (C=O) groups is 1. The van der Waals surface area contributed by atoms with E-state index < -0.39 is 0 Å². The SMILES string of the molecule is CN1CCN(CC2(CNC(=O)c3sccc3Cl)CC2)CC1. The van der Waals surface area contributed by atoms with Crippen LogP contribution in [0.2, 0.25) is 5.02 Å². The number of carbonyl (C=O) groups excluding carboxylic acids is 1. The van der Waals surface area contributed by atoms with E-state index in [2.05, 4.69) is 22.2 Å². The van der Waals surface area contributed by atoms with Crippen LogP contribution in [-0.4, -0.2) is 62.0 Å². The highest BCUT2D eigenvalue weighted by atomic mass is 35.5. The Morgan fingerprint density at radius 1 is 1.38 bits per heavy atom. The van der Waals surface area contributed by atoms with Crippen LogP contribution in [0.1, 0.15) is 22.5 Å². The van der Waals surface area contributed by atoms with Crippen molar-refractivity contribution >= 4 is 28.8 Å². The number of halogens is 1. The first-order valence-electron chi connectivity index (χ1n) is 7.50. The molecule has 1 amide bonds. The average Bonchev–Trinajstić information content (AvgIpc) is 3.10. The summed E-state index contributed by atoms with van der Waals surface area (Å²) < 4.78 is 0. The lowest BCUT2D eigenvalue weighted by molar-refractivity contribution is 0.0931. The maximum atomic E-state index is 12.1. The fraction of sp³-hybridized carbons (Fsp3) is 0.667. The van der Waals surface area contributed by atoms with Gasteiger partial charge in [0.25, 0.3) is 5.91 Å². The van der Waals surface area contributed by atoms with Crippen molar-refractivity contribution in [2.75, 3.05) is 46.3 Å². The Hall–Kier alpha value is -0.620. The highest BCUT2D eigenvalue weighted by Crippen LogP contribution is 2.45. The van der Waals surface area contributed by atoms with Gasteiger partial charge in [-0.15, -0.1) is 11.3 Å². The topological polar surface area (TPSA) is 35.6 Å². The van der Waals surface area contributed by atoms with E-state index in [1.807, 2.05) is 5.38 Å². The first-order chi connectivity index (χ1) is 10.1. The number of thiophene rings is 1. The third-order valence-electron chi connectivity index (χ3n) is 4.56. The second-order valence-corrected chi connectivity index (χ2v) is 7.68. The summed E-state index contributed by atoms with van der Waals surface area (Å²) in [4.78, 5) is 17.7. The fourth-order valence-electron chi connectivity index (χ4n) is 2.85. The van der Waals surface area contributed by atoms with Gasteiger partial charge in [0.1, 0.15) is 4.88 Å². The summed E-state index contributed by atoms with van der Waals surface area (Å²) in [6.07, 6.45) is 2.44. The van der Waals surface area contributed by atoms with Crippen molar-refractivity contribution in [2.45, 2.75) is 12.8 Å². The van der Waals surface area contributed by atoms with Gasteiger partial charge in [-0.3, -0.25) is 4.79 Å². The molecule has 1 saturated heterocycles. The van der Waals surface area contributed by atoms with Gasteiger partial charge >= 0.3 is 0 Å². The van der Waals surface area contributed by atoms with Crippen LogP contribution >= 0.6 is 22.9 Å². The number of nitrogens with zero attached hydrogens (tertiary/aromatic N) is 2. The molecule has 1 aromatic heterocycles. The summed E-state index contributed by atoms with van der Waals surface area (Å²) in [5, 5.41) is 5.49. The fourth-order valence-corrected chi connectivity index (χ4v) is 3.91. The summed E-state index contributed by atoms with van der Waals surface area (Å²) in [5.41, 5.74) is 0.301. The van der Waals surface area contributed by atoms with Crippen LogP contribution in [0.5, 0.6) is 0 Å². The molecule has 1 saturated carbocycles. The molecule has 1 N–H and O–H groups in total. The number of piperazine rings is 1. The van der Waals surface area contributed by atoms with E-state index in [4.69, 9.17) is 11.6 Å². The third kappa shape index (κ3) is 3.77. The van der Waals surface area contributed by atoms with Crippen molar-refractivity contribution in [3.8, 4) is 0 Å². The minimum absolute atomic E-state index is 0.0281. The van der Waals surface area contributed by atoms with Crippen molar-refractivity contribution in [1.29, 1.82) is 0 Å². The van der Waals surface area contributed by atoms with E-state index in [9.17, 15) is 4.79 Å². The molecule has 0 unspecified atom stereocenters. The number of amides is 1. The Morgan fingerprint density at radius 2 is 2.10 bits per heavy atom. The van der Waals surface area contributed by atoms with Gasteiger partial charge in [0.2, 0.25) is 0 Å². The first kappa shape index (κ1) is 15.3. The maximum Gasteiger partial charge on any atom is 0.262 e. The molecule has 0 aromatic carbocycles. The van der Waals surface area contributed by atoms with Crippen LogP contribution < -0.4 is 5.32 Å². The van der Waals surface area contributed by atoms with Crippen LogP contribution in [0.4, 0.5) is 0 Å². The summed E-state index contributed by atoms with van der Waals surface area (Å²) >= 11 is 7.41. The molecule has 2 aliphatic rings. The van der Waals surface area contributed by atoms with E-state index in [0.717, 1.165) is 39.3 Å². The van der Waals surface area contributed by atoms with E-state index in [1.54, 1.807) is 6.07 Å². The number of rotatable bonds is 5. The Kier molecular flexibility index (Phi) is 4.54.